The molecule has 35 heavy (non-hydrogen) atoms. The minimum absolute atomic E-state index is 0.0281. The van der Waals surface area contributed by atoms with Crippen LogP contribution < -0.4 is 4.74 Å². The molecule has 4 rings (SSSR count). The quantitative estimate of drug-likeness (QED) is 0.266. The molecule has 0 spiro atoms. The molecule has 3 aromatic rings. The van der Waals surface area contributed by atoms with Gasteiger partial charge in [-0.2, -0.15) is 0 Å². The average Bonchev–Trinajstić information content (AvgIpc) is 3.37. The van der Waals surface area contributed by atoms with Gasteiger partial charge < -0.3 is 9.64 Å². The van der Waals surface area contributed by atoms with Crippen molar-refractivity contribution >= 4 is 11.9 Å². The number of ether oxygens (including phenoxy) is 1. The predicted molar refractivity (Wildman–Crippen MR) is 145 cm³/mol. The van der Waals surface area contributed by atoms with Gasteiger partial charge in [0.05, 0.1) is 0 Å². The fourth-order valence-corrected chi connectivity index (χ4v) is 4.55. The highest BCUT2D eigenvalue weighted by molar-refractivity contribution is 6.08. The Bertz CT molecular complexity index is 1180. The molecule has 0 bridgehead atoms. The number of allylic oxidation sites excluding steroid dienone is 1. The first-order valence-electron chi connectivity index (χ1n) is 12.5. The fraction of sp³-hybridized carbons (Fsp3) is 0.323. The molecule has 182 valence electrons. The van der Waals surface area contributed by atoms with Gasteiger partial charge in [-0.3, -0.25) is 9.69 Å². The Balaban J connectivity index is 1.61. The molecule has 0 unspecified atom stereocenters. The van der Waals surface area contributed by atoms with E-state index in [2.05, 4.69) is 59.2 Å². The normalized spacial score (nSPS) is 14.2. The van der Waals surface area contributed by atoms with Crippen LogP contribution in [0.15, 0.2) is 72.8 Å². The van der Waals surface area contributed by atoms with E-state index in [0.717, 1.165) is 54.2 Å². The molecular weight excluding hydrogens is 432 g/mol. The number of likely N-dealkylation sites (tertiary alicyclic amines) is 1. The highest BCUT2D eigenvalue weighted by atomic mass is 16.5. The Hall–Kier alpha value is -3.21. The van der Waals surface area contributed by atoms with Crippen LogP contribution in [-0.2, 0) is 6.54 Å². The van der Waals surface area contributed by atoms with Gasteiger partial charge in [0.25, 0.3) is 0 Å². The summed E-state index contributed by atoms with van der Waals surface area (Å²) >= 11 is 0. The number of hydrogen-bond acceptors (Lipinski definition) is 4. The van der Waals surface area contributed by atoms with E-state index in [1.165, 1.54) is 24.0 Å². The first kappa shape index (κ1) is 24.9. The maximum atomic E-state index is 13.3. The molecule has 0 saturated carbocycles. The van der Waals surface area contributed by atoms with Crippen molar-refractivity contribution in [2.24, 2.45) is 0 Å². The number of carbonyl (C=O) groups is 1. The molecule has 3 aromatic carbocycles. The highest BCUT2D eigenvalue weighted by Crippen LogP contribution is 2.30. The number of rotatable bonds is 10. The van der Waals surface area contributed by atoms with E-state index in [9.17, 15) is 4.79 Å². The maximum absolute atomic E-state index is 13.3. The standard InChI is InChI=1S/C31H36N2O2/c1-24-10-4-6-12-28(24)25-15-17-31(35-21-20-32(2)3)26(22-25)14-16-30(34)29-13-7-5-11-27(29)23-33-18-8-9-19-33/h4-7,10-17,22H,8-9,18-21,23H2,1-3H3. The van der Waals surface area contributed by atoms with E-state index in [0.29, 0.717) is 6.61 Å². The Kier molecular flexibility index (Phi) is 8.51. The first-order chi connectivity index (χ1) is 17.0. The lowest BCUT2D eigenvalue weighted by Crippen LogP contribution is -2.20. The van der Waals surface area contributed by atoms with Crippen LogP contribution >= 0.6 is 0 Å². The van der Waals surface area contributed by atoms with Gasteiger partial charge in [-0.15, -0.1) is 0 Å². The fourth-order valence-electron chi connectivity index (χ4n) is 4.55. The van der Waals surface area contributed by atoms with Crippen molar-refractivity contribution < 1.29 is 9.53 Å². The summed E-state index contributed by atoms with van der Waals surface area (Å²) in [6.45, 7) is 6.58. The largest absolute Gasteiger partial charge is 0.492 e. The zero-order valence-electron chi connectivity index (χ0n) is 21.2. The lowest BCUT2D eigenvalue weighted by atomic mass is 9.97. The SMILES string of the molecule is Cc1ccccc1-c1ccc(OCCN(C)C)c(C=CC(=O)c2ccccc2CN2CCCC2)c1. The van der Waals surface area contributed by atoms with Gasteiger partial charge in [0.15, 0.2) is 5.78 Å². The van der Waals surface area contributed by atoms with Gasteiger partial charge in [0.2, 0.25) is 0 Å². The van der Waals surface area contributed by atoms with Crippen LogP contribution in [0.1, 0.15) is 39.9 Å². The van der Waals surface area contributed by atoms with Gasteiger partial charge in [-0.1, -0.05) is 54.6 Å². The lowest BCUT2D eigenvalue weighted by molar-refractivity contribution is 0.104. The van der Waals surface area contributed by atoms with Crippen molar-refractivity contribution in [2.75, 3.05) is 40.3 Å². The molecule has 1 aliphatic rings. The summed E-state index contributed by atoms with van der Waals surface area (Å²) in [7, 11) is 4.06. The molecule has 0 radical (unpaired) electrons. The average molecular weight is 469 g/mol. The number of aryl methyl sites for hydroxylation is 1. The van der Waals surface area contributed by atoms with Crippen molar-refractivity contribution in [3.8, 4) is 16.9 Å². The summed E-state index contributed by atoms with van der Waals surface area (Å²) in [6.07, 6.45) is 6.08. The van der Waals surface area contributed by atoms with E-state index in [1.807, 2.05) is 44.4 Å². The van der Waals surface area contributed by atoms with Gasteiger partial charge in [-0.05, 0) is 93.5 Å². The van der Waals surface area contributed by atoms with Crippen LogP contribution in [0.25, 0.3) is 17.2 Å². The molecule has 1 fully saturated rings. The van der Waals surface area contributed by atoms with Crippen LogP contribution in [-0.4, -0.2) is 55.9 Å². The first-order valence-corrected chi connectivity index (χ1v) is 12.5. The number of hydrogen-bond donors (Lipinski definition) is 0. The van der Waals surface area contributed by atoms with Crippen molar-refractivity contribution in [2.45, 2.75) is 26.3 Å². The van der Waals surface area contributed by atoms with Crippen molar-refractivity contribution in [3.63, 3.8) is 0 Å². The van der Waals surface area contributed by atoms with E-state index >= 15 is 0 Å². The minimum Gasteiger partial charge on any atom is -0.492 e. The van der Waals surface area contributed by atoms with E-state index < -0.39 is 0 Å². The number of carbonyl (C=O) groups excluding carboxylic acids is 1. The van der Waals surface area contributed by atoms with Gasteiger partial charge in [0.1, 0.15) is 12.4 Å². The van der Waals surface area contributed by atoms with Gasteiger partial charge in [-0.25, -0.2) is 0 Å². The molecule has 1 aliphatic heterocycles. The Morgan fingerprint density at radius 3 is 2.51 bits per heavy atom. The third-order valence-electron chi connectivity index (χ3n) is 6.55. The van der Waals surface area contributed by atoms with Crippen LogP contribution in [0.4, 0.5) is 0 Å². The minimum atomic E-state index is 0.0281. The van der Waals surface area contributed by atoms with Gasteiger partial charge in [0, 0.05) is 24.2 Å². The maximum Gasteiger partial charge on any atom is 0.186 e. The molecule has 0 amide bonds. The van der Waals surface area contributed by atoms with Crippen LogP contribution in [0.2, 0.25) is 0 Å². The Morgan fingerprint density at radius 2 is 1.74 bits per heavy atom. The summed E-state index contributed by atoms with van der Waals surface area (Å²) in [5.74, 6) is 0.818. The Labute approximate surface area is 209 Å². The van der Waals surface area contributed by atoms with E-state index in [-0.39, 0.29) is 5.78 Å². The molecular formula is C31H36N2O2. The zero-order chi connectivity index (χ0) is 24.6. The summed E-state index contributed by atoms with van der Waals surface area (Å²) in [6, 6.07) is 22.6. The molecule has 4 heteroatoms. The Morgan fingerprint density at radius 1 is 1.00 bits per heavy atom. The third-order valence-corrected chi connectivity index (χ3v) is 6.55. The molecule has 4 nitrogen and oxygen atoms in total. The summed E-state index contributed by atoms with van der Waals surface area (Å²) in [4.78, 5) is 17.8. The van der Waals surface area contributed by atoms with Crippen LogP contribution in [0, 0.1) is 6.92 Å². The van der Waals surface area contributed by atoms with Crippen LogP contribution in [0.5, 0.6) is 5.75 Å². The molecule has 0 aromatic heterocycles. The molecule has 0 aliphatic carbocycles. The second-order valence-corrected chi connectivity index (χ2v) is 9.56. The number of nitrogens with zero attached hydrogens (tertiary/aromatic N) is 2. The topological polar surface area (TPSA) is 32.8 Å². The molecule has 0 atom stereocenters. The lowest BCUT2D eigenvalue weighted by Gasteiger charge is -2.16. The second-order valence-electron chi connectivity index (χ2n) is 9.56. The van der Waals surface area contributed by atoms with Crippen molar-refractivity contribution in [1.82, 2.24) is 9.80 Å². The molecule has 1 heterocycles. The van der Waals surface area contributed by atoms with Gasteiger partial charge >= 0.3 is 0 Å². The van der Waals surface area contributed by atoms with Crippen LogP contribution in [0.3, 0.4) is 0 Å². The number of benzene rings is 3. The monoisotopic (exact) mass is 468 g/mol. The predicted octanol–water partition coefficient (Wildman–Crippen LogP) is 6.09. The molecule has 1 saturated heterocycles. The summed E-state index contributed by atoms with van der Waals surface area (Å²) < 4.78 is 6.11. The third kappa shape index (κ3) is 6.68. The number of likely N-dealkylation sites (N-methyl/N-ethyl adjacent to an activating group) is 1. The molecule has 0 N–H and O–H groups in total. The smallest absolute Gasteiger partial charge is 0.186 e. The van der Waals surface area contributed by atoms with E-state index in [4.69, 9.17) is 4.74 Å². The van der Waals surface area contributed by atoms with E-state index in [1.54, 1.807) is 6.08 Å². The van der Waals surface area contributed by atoms with Crippen molar-refractivity contribution in [1.29, 1.82) is 0 Å². The number of ketones is 1. The second kappa shape index (κ2) is 12.0. The summed E-state index contributed by atoms with van der Waals surface area (Å²) in [5.41, 5.74) is 6.31. The highest BCUT2D eigenvalue weighted by Gasteiger charge is 2.16. The zero-order valence-corrected chi connectivity index (χ0v) is 21.2. The van der Waals surface area contributed by atoms with Crippen molar-refractivity contribution in [3.05, 3.63) is 95.1 Å². The summed E-state index contributed by atoms with van der Waals surface area (Å²) in [5, 5.41) is 0.